The van der Waals surface area contributed by atoms with Crippen molar-refractivity contribution >= 4 is 0 Å². The van der Waals surface area contributed by atoms with Crippen LogP contribution in [0, 0.1) is 5.21 Å². The van der Waals surface area contributed by atoms with Crippen molar-refractivity contribution in [2.75, 3.05) is 0 Å². The number of rotatable bonds is 1. The van der Waals surface area contributed by atoms with Crippen molar-refractivity contribution in [2.24, 2.45) is 5.73 Å². The monoisotopic (exact) mass is 129 g/mol. The first-order valence-electron chi connectivity index (χ1n) is 3.46. The number of nitrogens with one attached hydrogen (secondary N) is 1. The average Bonchev–Trinajstić information content (AvgIpc) is 1.88. The fraction of sp³-hybridized carbons (Fsp3) is 1.00. The van der Waals surface area contributed by atoms with Crippen LogP contribution >= 0.6 is 0 Å². The van der Waals surface area contributed by atoms with Crippen molar-refractivity contribution in [3.8, 4) is 0 Å². The van der Waals surface area contributed by atoms with Crippen LogP contribution in [-0.4, -0.2) is 12.1 Å². The molecule has 0 spiro atoms. The Labute approximate surface area is 55.2 Å². The Morgan fingerprint density at radius 1 is 1.44 bits per heavy atom. The fourth-order valence-corrected chi connectivity index (χ4v) is 1.33. The van der Waals surface area contributed by atoms with Gasteiger partial charge in [-0.2, -0.15) is 0 Å². The molecule has 0 heterocycles. The van der Waals surface area contributed by atoms with Gasteiger partial charge in [-0.15, -0.1) is 0 Å². The van der Waals surface area contributed by atoms with Gasteiger partial charge >= 0.3 is 0 Å². The Morgan fingerprint density at radius 2 is 2.22 bits per heavy atom. The molecule has 0 amide bonds. The molecule has 1 aliphatic rings. The first kappa shape index (κ1) is 6.99. The van der Waals surface area contributed by atoms with Gasteiger partial charge in [0.1, 0.15) is 0 Å². The molecule has 0 saturated heterocycles. The minimum Gasteiger partial charge on any atom is -0.788 e. The van der Waals surface area contributed by atoms with E-state index in [2.05, 4.69) is 0 Å². The molecule has 0 aliphatic heterocycles. The highest BCUT2D eigenvalue weighted by Gasteiger charge is 2.15. The summed E-state index contributed by atoms with van der Waals surface area (Å²) in [6.07, 6.45) is 4.03. The smallest absolute Gasteiger partial charge is 0.00533 e. The molecule has 1 aliphatic carbocycles. The second kappa shape index (κ2) is 3.15. The largest absolute Gasteiger partial charge is 0.788 e. The molecule has 3 heteroatoms. The minimum atomic E-state index is 0.133. The summed E-state index contributed by atoms with van der Waals surface area (Å²) in [5.41, 5.74) is 7.63. The van der Waals surface area contributed by atoms with Gasteiger partial charge < -0.3 is 16.4 Å². The molecule has 2 unspecified atom stereocenters. The Hall–Kier alpha value is -0.120. The highest BCUT2D eigenvalue weighted by atomic mass is 16.5. The predicted octanol–water partition coefficient (Wildman–Crippen LogP) is 0.344. The summed E-state index contributed by atoms with van der Waals surface area (Å²) in [7, 11) is 0. The second-order valence-corrected chi connectivity index (χ2v) is 2.74. The van der Waals surface area contributed by atoms with E-state index in [4.69, 9.17) is 5.73 Å². The van der Waals surface area contributed by atoms with Gasteiger partial charge in [0.2, 0.25) is 0 Å². The van der Waals surface area contributed by atoms with E-state index in [1.807, 2.05) is 5.48 Å². The zero-order chi connectivity index (χ0) is 6.69. The highest BCUT2D eigenvalue weighted by molar-refractivity contribution is 4.79. The zero-order valence-corrected chi connectivity index (χ0v) is 5.47. The third-order valence-corrected chi connectivity index (χ3v) is 1.88. The van der Waals surface area contributed by atoms with Crippen molar-refractivity contribution in [3.05, 3.63) is 5.21 Å². The van der Waals surface area contributed by atoms with Gasteiger partial charge in [-0.1, -0.05) is 6.42 Å². The van der Waals surface area contributed by atoms with Crippen LogP contribution in [0.5, 0.6) is 0 Å². The minimum absolute atomic E-state index is 0.133. The van der Waals surface area contributed by atoms with E-state index in [0.29, 0.717) is 0 Å². The van der Waals surface area contributed by atoms with Crippen molar-refractivity contribution in [2.45, 2.75) is 37.8 Å². The number of hydrogen-bond acceptors (Lipinski definition) is 3. The molecule has 1 saturated carbocycles. The van der Waals surface area contributed by atoms with Crippen molar-refractivity contribution in [3.63, 3.8) is 0 Å². The molecule has 0 aromatic heterocycles. The SMILES string of the molecule is NC1CCCC(N[O-])C1. The van der Waals surface area contributed by atoms with E-state index < -0.39 is 0 Å². The lowest BCUT2D eigenvalue weighted by molar-refractivity contribution is 0.363. The number of hydrogen-bond donors (Lipinski definition) is 2. The van der Waals surface area contributed by atoms with E-state index in [-0.39, 0.29) is 12.1 Å². The molecule has 0 bridgehead atoms. The second-order valence-electron chi connectivity index (χ2n) is 2.74. The lowest BCUT2D eigenvalue weighted by atomic mass is 9.92. The molecule has 2 atom stereocenters. The van der Waals surface area contributed by atoms with E-state index in [1.54, 1.807) is 0 Å². The van der Waals surface area contributed by atoms with Gasteiger partial charge in [-0.05, 0) is 25.3 Å². The van der Waals surface area contributed by atoms with Crippen molar-refractivity contribution < 1.29 is 0 Å². The van der Waals surface area contributed by atoms with E-state index >= 15 is 0 Å². The van der Waals surface area contributed by atoms with Crippen LogP contribution in [0.25, 0.3) is 0 Å². The zero-order valence-electron chi connectivity index (χ0n) is 5.47. The Kier molecular flexibility index (Phi) is 2.45. The van der Waals surface area contributed by atoms with Crippen LogP contribution in [-0.2, 0) is 0 Å². The maximum Gasteiger partial charge on any atom is 0.00533 e. The van der Waals surface area contributed by atoms with E-state index in [0.717, 1.165) is 25.7 Å². The summed E-state index contributed by atoms with van der Waals surface area (Å²) >= 11 is 0. The van der Waals surface area contributed by atoms with Gasteiger partial charge in [0.15, 0.2) is 0 Å². The van der Waals surface area contributed by atoms with Crippen LogP contribution < -0.4 is 11.2 Å². The van der Waals surface area contributed by atoms with Gasteiger partial charge in [0.25, 0.3) is 0 Å². The molecular formula is C6H13N2O-. The summed E-state index contributed by atoms with van der Waals surface area (Å²) in [6, 6.07) is 0.388. The molecule has 54 valence electrons. The van der Waals surface area contributed by atoms with Crippen LogP contribution in [0.3, 0.4) is 0 Å². The first-order valence-corrected chi connectivity index (χ1v) is 3.46. The van der Waals surface area contributed by atoms with Gasteiger partial charge in [-0.3, -0.25) is 0 Å². The summed E-state index contributed by atoms with van der Waals surface area (Å²) in [5.74, 6) is 0. The predicted molar refractivity (Wildman–Crippen MR) is 36.7 cm³/mol. The maximum absolute atomic E-state index is 10.1. The number of hydroxylamine groups is 1. The van der Waals surface area contributed by atoms with Gasteiger partial charge in [0, 0.05) is 6.04 Å². The van der Waals surface area contributed by atoms with Crippen molar-refractivity contribution in [1.82, 2.24) is 5.48 Å². The van der Waals surface area contributed by atoms with Crippen LogP contribution in [0.15, 0.2) is 0 Å². The third kappa shape index (κ3) is 1.93. The Bertz CT molecular complexity index is 87.1. The summed E-state index contributed by atoms with van der Waals surface area (Å²) in [4.78, 5) is 0. The summed E-state index contributed by atoms with van der Waals surface area (Å²) < 4.78 is 0. The normalized spacial score (nSPS) is 36.7. The molecule has 3 N–H and O–H groups in total. The summed E-state index contributed by atoms with van der Waals surface area (Å²) in [5, 5.41) is 10.1. The van der Waals surface area contributed by atoms with Crippen LogP contribution in [0.4, 0.5) is 0 Å². The van der Waals surface area contributed by atoms with Crippen molar-refractivity contribution in [1.29, 1.82) is 0 Å². The van der Waals surface area contributed by atoms with E-state index in [9.17, 15) is 5.21 Å². The molecule has 1 fully saturated rings. The summed E-state index contributed by atoms with van der Waals surface area (Å²) in [6.45, 7) is 0. The lowest BCUT2D eigenvalue weighted by Gasteiger charge is -2.29. The highest BCUT2D eigenvalue weighted by Crippen LogP contribution is 2.16. The van der Waals surface area contributed by atoms with Gasteiger partial charge in [-0.25, -0.2) is 0 Å². The first-order chi connectivity index (χ1) is 4.33. The maximum atomic E-state index is 10.1. The Balaban J connectivity index is 2.23. The Morgan fingerprint density at radius 3 is 2.67 bits per heavy atom. The van der Waals surface area contributed by atoms with E-state index in [1.165, 1.54) is 0 Å². The molecule has 1 rings (SSSR count). The quantitative estimate of drug-likeness (QED) is 0.502. The molecule has 3 nitrogen and oxygen atoms in total. The molecular weight excluding hydrogens is 116 g/mol. The standard InChI is InChI=1S/C6H13N2O/c7-5-2-1-3-6(4-5)8-9/h5-6,8H,1-4,7H2/q-1. The fourth-order valence-electron chi connectivity index (χ4n) is 1.33. The number of nitrogens with two attached hydrogens (primary N) is 1. The molecule has 9 heavy (non-hydrogen) atoms. The topological polar surface area (TPSA) is 61.1 Å². The molecule has 0 aromatic rings. The third-order valence-electron chi connectivity index (χ3n) is 1.88. The van der Waals surface area contributed by atoms with Crippen LogP contribution in [0.1, 0.15) is 25.7 Å². The van der Waals surface area contributed by atoms with Crippen LogP contribution in [0.2, 0.25) is 0 Å². The molecule has 0 radical (unpaired) electrons. The lowest BCUT2D eigenvalue weighted by Crippen LogP contribution is -2.36. The molecule has 0 aromatic carbocycles. The van der Waals surface area contributed by atoms with Gasteiger partial charge in [0.05, 0.1) is 0 Å². The average molecular weight is 129 g/mol.